The van der Waals surface area contributed by atoms with E-state index in [4.69, 9.17) is 10.00 Å². The highest BCUT2D eigenvalue weighted by Gasteiger charge is 1.98. The van der Waals surface area contributed by atoms with Gasteiger partial charge in [0.2, 0.25) is 0 Å². The summed E-state index contributed by atoms with van der Waals surface area (Å²) < 4.78 is 4.73. The third-order valence-electron chi connectivity index (χ3n) is 0.853. The van der Waals surface area contributed by atoms with Crippen LogP contribution in [0.3, 0.4) is 0 Å². The van der Waals surface area contributed by atoms with Crippen molar-refractivity contribution in [3.63, 3.8) is 0 Å². The van der Waals surface area contributed by atoms with Crippen molar-refractivity contribution in [3.05, 3.63) is 12.2 Å². The summed E-state index contributed by atoms with van der Waals surface area (Å²) >= 11 is 0. The lowest BCUT2D eigenvalue weighted by Crippen LogP contribution is -2.06. The number of nitriles is 1. The fourth-order valence-corrected chi connectivity index (χ4v) is 0.402. The Morgan fingerprint density at radius 3 is 2.82 bits per heavy atom. The maximum absolute atomic E-state index is 10.6. The number of hydrogen-bond acceptors (Lipinski definition) is 3. The predicted octanol–water partition coefficient (Wildman–Crippen LogP) is 1.27. The highest BCUT2D eigenvalue weighted by molar-refractivity contribution is 5.82. The zero-order valence-electron chi connectivity index (χ0n) is 6.70. The molecule has 0 radical (unpaired) electrons. The molecule has 0 saturated carbocycles. The fourth-order valence-electron chi connectivity index (χ4n) is 0.402. The Morgan fingerprint density at radius 2 is 2.36 bits per heavy atom. The van der Waals surface area contributed by atoms with Gasteiger partial charge >= 0.3 is 5.97 Å². The maximum Gasteiger partial charge on any atom is 0.331 e. The fraction of sp³-hybridized carbons (Fsp3) is 0.500. The van der Waals surface area contributed by atoms with E-state index in [-0.39, 0.29) is 0 Å². The normalized spacial score (nSPS) is 10.0. The molecule has 0 aliphatic heterocycles. The average molecular weight is 153 g/mol. The molecule has 0 N–H and O–H groups in total. The Hall–Kier alpha value is -1.30. The summed E-state index contributed by atoms with van der Waals surface area (Å²) in [7, 11) is 0. The standard InChI is InChI=1S/C8H11NO2/c1-7(2)6-11-8(10)4-3-5-9/h3-4,7H,6H2,1-2H3/b4-3+. The van der Waals surface area contributed by atoms with E-state index in [1.807, 2.05) is 13.8 Å². The minimum Gasteiger partial charge on any atom is -0.462 e. The molecule has 0 aliphatic carbocycles. The Balaban J connectivity index is 3.55. The number of nitrogens with zero attached hydrogens (tertiary/aromatic N) is 1. The average Bonchev–Trinajstić information content (AvgIpc) is 1.97. The van der Waals surface area contributed by atoms with Crippen LogP contribution in [0.15, 0.2) is 12.2 Å². The number of ether oxygens (including phenoxy) is 1. The number of rotatable bonds is 3. The van der Waals surface area contributed by atoms with Gasteiger partial charge in [0.05, 0.1) is 12.7 Å². The quantitative estimate of drug-likeness (QED) is 0.348. The molecule has 0 unspecified atom stereocenters. The first-order chi connectivity index (χ1) is 5.16. The molecule has 0 aliphatic rings. The summed E-state index contributed by atoms with van der Waals surface area (Å²) in [6, 6.07) is 1.70. The van der Waals surface area contributed by atoms with Crippen LogP contribution >= 0.6 is 0 Å². The Bertz CT molecular complexity index is 189. The van der Waals surface area contributed by atoms with E-state index < -0.39 is 5.97 Å². The van der Waals surface area contributed by atoms with Gasteiger partial charge in [-0.3, -0.25) is 0 Å². The zero-order chi connectivity index (χ0) is 8.69. The molecule has 0 saturated heterocycles. The molecule has 0 bridgehead atoms. The third-order valence-corrected chi connectivity index (χ3v) is 0.853. The highest BCUT2D eigenvalue weighted by atomic mass is 16.5. The first-order valence-corrected chi connectivity index (χ1v) is 3.39. The van der Waals surface area contributed by atoms with Crippen molar-refractivity contribution in [2.24, 2.45) is 5.92 Å². The Labute approximate surface area is 66.3 Å². The van der Waals surface area contributed by atoms with Crippen LogP contribution in [0.5, 0.6) is 0 Å². The van der Waals surface area contributed by atoms with Gasteiger partial charge < -0.3 is 4.74 Å². The van der Waals surface area contributed by atoms with Gasteiger partial charge in [-0.05, 0) is 5.92 Å². The SMILES string of the molecule is CC(C)COC(=O)/C=C/C#N. The molecule has 60 valence electrons. The summed E-state index contributed by atoms with van der Waals surface area (Å²) in [5.41, 5.74) is 0. The zero-order valence-corrected chi connectivity index (χ0v) is 6.70. The minimum atomic E-state index is -0.458. The summed E-state index contributed by atoms with van der Waals surface area (Å²) in [6.07, 6.45) is 2.21. The molecule has 0 aromatic rings. The predicted molar refractivity (Wildman–Crippen MR) is 40.6 cm³/mol. The van der Waals surface area contributed by atoms with Crippen LogP contribution in [-0.2, 0) is 9.53 Å². The van der Waals surface area contributed by atoms with Gasteiger partial charge in [-0.1, -0.05) is 13.8 Å². The second-order valence-corrected chi connectivity index (χ2v) is 2.49. The van der Waals surface area contributed by atoms with Crippen LogP contribution in [0, 0.1) is 17.2 Å². The lowest BCUT2D eigenvalue weighted by atomic mass is 10.2. The van der Waals surface area contributed by atoms with Crippen LogP contribution in [0.4, 0.5) is 0 Å². The highest BCUT2D eigenvalue weighted by Crippen LogP contribution is 1.92. The molecule has 0 rings (SSSR count). The maximum atomic E-state index is 10.6. The van der Waals surface area contributed by atoms with Crippen molar-refractivity contribution in [2.75, 3.05) is 6.61 Å². The van der Waals surface area contributed by atoms with Gasteiger partial charge in [0.25, 0.3) is 0 Å². The van der Waals surface area contributed by atoms with Gasteiger partial charge in [0, 0.05) is 12.2 Å². The molecule has 11 heavy (non-hydrogen) atoms. The monoisotopic (exact) mass is 153 g/mol. The van der Waals surface area contributed by atoms with Gasteiger partial charge in [-0.25, -0.2) is 4.79 Å². The van der Waals surface area contributed by atoms with Gasteiger partial charge in [-0.15, -0.1) is 0 Å². The summed E-state index contributed by atoms with van der Waals surface area (Å²) in [5, 5.41) is 8.05. The topological polar surface area (TPSA) is 50.1 Å². The van der Waals surface area contributed by atoms with E-state index in [2.05, 4.69) is 0 Å². The van der Waals surface area contributed by atoms with Crippen LogP contribution in [0.1, 0.15) is 13.8 Å². The van der Waals surface area contributed by atoms with Gasteiger partial charge in [0.1, 0.15) is 0 Å². The largest absolute Gasteiger partial charge is 0.462 e. The lowest BCUT2D eigenvalue weighted by Gasteiger charge is -2.02. The third kappa shape index (κ3) is 6.59. The van der Waals surface area contributed by atoms with Crippen LogP contribution in [-0.4, -0.2) is 12.6 Å². The van der Waals surface area contributed by atoms with E-state index in [9.17, 15) is 4.79 Å². The summed E-state index contributed by atoms with van der Waals surface area (Å²) in [4.78, 5) is 10.6. The second-order valence-electron chi connectivity index (χ2n) is 2.49. The van der Waals surface area contributed by atoms with Crippen molar-refractivity contribution in [2.45, 2.75) is 13.8 Å². The van der Waals surface area contributed by atoms with E-state index in [0.717, 1.165) is 12.2 Å². The van der Waals surface area contributed by atoms with Crippen molar-refractivity contribution in [1.29, 1.82) is 5.26 Å². The van der Waals surface area contributed by atoms with Crippen molar-refractivity contribution in [1.82, 2.24) is 0 Å². The summed E-state index contributed by atoms with van der Waals surface area (Å²) in [5.74, 6) is -0.130. The molecule has 0 aromatic carbocycles. The minimum absolute atomic E-state index is 0.328. The molecule has 0 atom stereocenters. The summed E-state index contributed by atoms with van der Waals surface area (Å²) in [6.45, 7) is 4.29. The first kappa shape index (κ1) is 9.70. The van der Waals surface area contributed by atoms with E-state index in [1.165, 1.54) is 0 Å². The van der Waals surface area contributed by atoms with Crippen molar-refractivity contribution < 1.29 is 9.53 Å². The van der Waals surface area contributed by atoms with Crippen LogP contribution in [0.2, 0.25) is 0 Å². The number of esters is 1. The molecule has 0 spiro atoms. The molecule has 0 aromatic heterocycles. The molecular weight excluding hydrogens is 142 g/mol. The van der Waals surface area contributed by atoms with E-state index >= 15 is 0 Å². The Kier molecular flexibility index (Phi) is 4.83. The number of carbonyl (C=O) groups excluding carboxylic acids is 1. The molecule has 3 heteroatoms. The van der Waals surface area contributed by atoms with Crippen molar-refractivity contribution in [3.8, 4) is 6.07 Å². The molecular formula is C8H11NO2. The molecule has 0 amide bonds. The van der Waals surface area contributed by atoms with E-state index in [1.54, 1.807) is 6.07 Å². The van der Waals surface area contributed by atoms with Gasteiger partial charge in [-0.2, -0.15) is 5.26 Å². The molecule has 3 nitrogen and oxygen atoms in total. The first-order valence-electron chi connectivity index (χ1n) is 3.39. The lowest BCUT2D eigenvalue weighted by molar-refractivity contribution is -0.138. The van der Waals surface area contributed by atoms with Crippen molar-refractivity contribution >= 4 is 5.97 Å². The number of carbonyl (C=O) groups is 1. The van der Waals surface area contributed by atoms with Crippen LogP contribution < -0.4 is 0 Å². The number of allylic oxidation sites excluding steroid dienone is 1. The second kappa shape index (κ2) is 5.48. The van der Waals surface area contributed by atoms with Gasteiger partial charge in [0.15, 0.2) is 0 Å². The van der Waals surface area contributed by atoms with Crippen LogP contribution in [0.25, 0.3) is 0 Å². The Morgan fingerprint density at radius 1 is 1.73 bits per heavy atom. The molecule has 0 heterocycles. The number of hydrogen-bond donors (Lipinski definition) is 0. The van der Waals surface area contributed by atoms with E-state index in [0.29, 0.717) is 12.5 Å². The smallest absolute Gasteiger partial charge is 0.331 e. The molecule has 0 fully saturated rings.